The summed E-state index contributed by atoms with van der Waals surface area (Å²) < 4.78 is 5.43. The zero-order valence-electron chi connectivity index (χ0n) is 13.2. The first-order valence-electron chi connectivity index (χ1n) is 7.39. The fourth-order valence-electron chi connectivity index (χ4n) is 2.47. The van der Waals surface area contributed by atoms with E-state index in [-0.39, 0.29) is 12.1 Å². The second kappa shape index (κ2) is 7.07. The lowest BCUT2D eigenvalue weighted by Gasteiger charge is -2.35. The fourth-order valence-corrected chi connectivity index (χ4v) is 3.04. The summed E-state index contributed by atoms with van der Waals surface area (Å²) in [6.45, 7) is 7.63. The predicted molar refractivity (Wildman–Crippen MR) is 89.8 cm³/mol. The van der Waals surface area contributed by atoms with Crippen molar-refractivity contribution in [3.63, 3.8) is 0 Å². The van der Waals surface area contributed by atoms with Crippen LogP contribution in [0.3, 0.4) is 0 Å². The molecule has 6 heteroatoms. The van der Waals surface area contributed by atoms with Crippen molar-refractivity contribution in [1.82, 2.24) is 10.2 Å². The summed E-state index contributed by atoms with van der Waals surface area (Å²) in [6, 6.07) is 5.69. The minimum Gasteiger partial charge on any atom is -0.444 e. The van der Waals surface area contributed by atoms with Crippen molar-refractivity contribution in [2.75, 3.05) is 19.6 Å². The molecule has 1 aliphatic heterocycles. The van der Waals surface area contributed by atoms with E-state index in [0.29, 0.717) is 23.1 Å². The van der Waals surface area contributed by atoms with Crippen LogP contribution in [0.5, 0.6) is 0 Å². The Kier molecular flexibility index (Phi) is 5.59. The number of halogens is 2. The maximum Gasteiger partial charge on any atom is 0.410 e. The molecular formula is C16H22Cl2N2O2. The van der Waals surface area contributed by atoms with E-state index in [1.54, 1.807) is 11.0 Å². The largest absolute Gasteiger partial charge is 0.444 e. The van der Waals surface area contributed by atoms with E-state index in [4.69, 9.17) is 27.9 Å². The number of ether oxygens (including phenoxy) is 1. The molecule has 0 radical (unpaired) electrons. The van der Waals surface area contributed by atoms with Crippen LogP contribution >= 0.6 is 23.2 Å². The molecule has 122 valence electrons. The van der Waals surface area contributed by atoms with Crippen LogP contribution in [0.1, 0.15) is 26.3 Å². The summed E-state index contributed by atoms with van der Waals surface area (Å²) in [5.74, 6) is 0. The van der Waals surface area contributed by atoms with Crippen LogP contribution in [0, 0.1) is 0 Å². The molecule has 1 fully saturated rings. The van der Waals surface area contributed by atoms with E-state index < -0.39 is 5.60 Å². The van der Waals surface area contributed by atoms with Crippen LogP contribution < -0.4 is 5.32 Å². The average molecular weight is 345 g/mol. The lowest BCUT2D eigenvalue weighted by molar-refractivity contribution is 0.0195. The van der Waals surface area contributed by atoms with Crippen molar-refractivity contribution in [3.05, 3.63) is 33.8 Å². The SMILES string of the molecule is CC(C)(C)OC(=O)N1CCN[C@@H](Cc2cc(Cl)cc(Cl)c2)C1. The van der Waals surface area contributed by atoms with Crippen LogP contribution in [-0.2, 0) is 11.2 Å². The Morgan fingerprint density at radius 1 is 1.32 bits per heavy atom. The lowest BCUT2D eigenvalue weighted by Crippen LogP contribution is -2.54. The molecule has 0 aromatic heterocycles. The minimum atomic E-state index is -0.474. The standard InChI is InChI=1S/C16H22Cl2N2O2/c1-16(2,3)22-15(21)20-5-4-19-14(10-20)8-11-6-12(17)9-13(18)7-11/h6-7,9,14,19H,4-5,8,10H2,1-3H3/t14-/m0/s1. The highest BCUT2D eigenvalue weighted by Crippen LogP contribution is 2.21. The monoisotopic (exact) mass is 344 g/mol. The van der Waals surface area contributed by atoms with Gasteiger partial charge in [0.25, 0.3) is 0 Å². The van der Waals surface area contributed by atoms with Crippen LogP contribution in [0.2, 0.25) is 10.0 Å². The number of benzene rings is 1. The van der Waals surface area contributed by atoms with Crippen molar-refractivity contribution < 1.29 is 9.53 Å². The molecule has 0 bridgehead atoms. The smallest absolute Gasteiger partial charge is 0.410 e. The summed E-state index contributed by atoms with van der Waals surface area (Å²) >= 11 is 12.1. The summed E-state index contributed by atoms with van der Waals surface area (Å²) in [5, 5.41) is 4.67. The highest BCUT2D eigenvalue weighted by atomic mass is 35.5. The first kappa shape index (κ1) is 17.4. The van der Waals surface area contributed by atoms with E-state index >= 15 is 0 Å². The maximum absolute atomic E-state index is 12.2. The molecule has 1 amide bonds. The van der Waals surface area contributed by atoms with Gasteiger partial charge in [0.15, 0.2) is 0 Å². The quantitative estimate of drug-likeness (QED) is 0.888. The highest BCUT2D eigenvalue weighted by molar-refractivity contribution is 6.34. The number of hydrogen-bond donors (Lipinski definition) is 1. The van der Waals surface area contributed by atoms with Gasteiger partial charge < -0.3 is 15.0 Å². The zero-order chi connectivity index (χ0) is 16.3. The molecule has 0 unspecified atom stereocenters. The number of hydrogen-bond acceptors (Lipinski definition) is 3. The second-order valence-corrected chi connectivity index (χ2v) is 7.43. The third kappa shape index (κ3) is 5.34. The second-order valence-electron chi connectivity index (χ2n) is 6.56. The molecule has 0 aliphatic carbocycles. The Morgan fingerprint density at radius 3 is 2.55 bits per heavy atom. The Bertz CT molecular complexity index is 523. The van der Waals surface area contributed by atoms with E-state index in [2.05, 4.69) is 5.32 Å². The Labute approximate surface area is 141 Å². The minimum absolute atomic E-state index is 0.163. The predicted octanol–water partition coefficient (Wildman–Crippen LogP) is 3.74. The van der Waals surface area contributed by atoms with Gasteiger partial charge in [-0.25, -0.2) is 4.79 Å². The normalized spacial score (nSPS) is 19.1. The Balaban J connectivity index is 1.97. The molecule has 1 aromatic carbocycles. The summed E-state index contributed by atoms with van der Waals surface area (Å²) in [4.78, 5) is 13.9. The molecule has 1 heterocycles. The lowest BCUT2D eigenvalue weighted by atomic mass is 10.0. The van der Waals surface area contributed by atoms with Crippen LogP contribution in [-0.4, -0.2) is 42.3 Å². The maximum atomic E-state index is 12.2. The Hall–Kier alpha value is -0.970. The first-order chi connectivity index (χ1) is 10.2. The van der Waals surface area contributed by atoms with Crippen molar-refractivity contribution in [2.45, 2.75) is 38.8 Å². The van der Waals surface area contributed by atoms with Gasteiger partial charge in [-0.15, -0.1) is 0 Å². The van der Waals surface area contributed by atoms with Gasteiger partial charge >= 0.3 is 6.09 Å². The van der Waals surface area contributed by atoms with Crippen LogP contribution in [0.4, 0.5) is 4.79 Å². The van der Waals surface area contributed by atoms with Gasteiger partial charge in [-0.1, -0.05) is 23.2 Å². The van der Waals surface area contributed by atoms with Gasteiger partial charge in [0.1, 0.15) is 5.60 Å². The number of nitrogens with zero attached hydrogens (tertiary/aromatic N) is 1. The molecule has 0 saturated carbocycles. The van der Waals surface area contributed by atoms with Crippen LogP contribution in [0.15, 0.2) is 18.2 Å². The number of nitrogens with one attached hydrogen (secondary N) is 1. The molecular weight excluding hydrogens is 323 g/mol. The van der Waals surface area contributed by atoms with Crippen molar-refractivity contribution in [3.8, 4) is 0 Å². The average Bonchev–Trinajstić information content (AvgIpc) is 2.35. The van der Waals surface area contributed by atoms with Crippen molar-refractivity contribution in [1.29, 1.82) is 0 Å². The number of rotatable bonds is 2. The van der Waals surface area contributed by atoms with Crippen LogP contribution in [0.25, 0.3) is 0 Å². The molecule has 1 N–H and O–H groups in total. The van der Waals surface area contributed by atoms with Gasteiger partial charge in [0.05, 0.1) is 0 Å². The van der Waals surface area contributed by atoms with E-state index in [9.17, 15) is 4.79 Å². The third-order valence-corrected chi connectivity index (χ3v) is 3.75. The van der Waals surface area contributed by atoms with Gasteiger partial charge in [-0.05, 0) is 51.0 Å². The number of piperazine rings is 1. The molecule has 1 atom stereocenters. The van der Waals surface area contributed by atoms with Crippen molar-refractivity contribution in [2.24, 2.45) is 0 Å². The summed E-state index contributed by atoms with van der Waals surface area (Å²) in [6.07, 6.45) is 0.502. The molecule has 2 rings (SSSR count). The van der Waals surface area contributed by atoms with Gasteiger partial charge in [-0.2, -0.15) is 0 Å². The molecule has 22 heavy (non-hydrogen) atoms. The molecule has 1 aromatic rings. The number of carbonyl (C=O) groups excluding carboxylic acids is 1. The summed E-state index contributed by atoms with van der Waals surface area (Å²) in [7, 11) is 0. The van der Waals surface area contributed by atoms with E-state index in [1.807, 2.05) is 32.9 Å². The van der Waals surface area contributed by atoms with Crippen molar-refractivity contribution >= 4 is 29.3 Å². The van der Waals surface area contributed by atoms with E-state index in [1.165, 1.54) is 0 Å². The molecule has 4 nitrogen and oxygen atoms in total. The molecule has 1 saturated heterocycles. The Morgan fingerprint density at radius 2 is 1.95 bits per heavy atom. The zero-order valence-corrected chi connectivity index (χ0v) is 14.7. The van der Waals surface area contributed by atoms with E-state index in [0.717, 1.165) is 18.5 Å². The van der Waals surface area contributed by atoms with Gasteiger partial charge in [0.2, 0.25) is 0 Å². The molecule has 1 aliphatic rings. The van der Waals surface area contributed by atoms with Gasteiger partial charge in [-0.3, -0.25) is 0 Å². The summed E-state index contributed by atoms with van der Waals surface area (Å²) in [5.41, 5.74) is 0.582. The topological polar surface area (TPSA) is 41.6 Å². The fraction of sp³-hybridized carbons (Fsp3) is 0.562. The first-order valence-corrected chi connectivity index (χ1v) is 8.15. The van der Waals surface area contributed by atoms with Gasteiger partial charge in [0, 0.05) is 35.7 Å². The number of amides is 1. The molecule has 0 spiro atoms. The highest BCUT2D eigenvalue weighted by Gasteiger charge is 2.27. The number of carbonyl (C=O) groups is 1. The third-order valence-electron chi connectivity index (χ3n) is 3.31.